The first-order chi connectivity index (χ1) is 7.41. The van der Waals surface area contributed by atoms with Gasteiger partial charge in [0.05, 0.1) is 12.6 Å². The van der Waals surface area contributed by atoms with Gasteiger partial charge in [0.2, 0.25) is 5.91 Å². The Kier molecular flexibility index (Phi) is 7.34. The summed E-state index contributed by atoms with van der Waals surface area (Å²) in [5.41, 5.74) is -0.121. The average Bonchev–Trinajstić information content (AvgIpc) is 2.17. The number of rotatable bonds is 8. The second-order valence-electron chi connectivity index (χ2n) is 4.68. The van der Waals surface area contributed by atoms with Crippen LogP contribution in [-0.2, 0) is 9.53 Å². The molecule has 0 saturated heterocycles. The van der Waals surface area contributed by atoms with Crippen LogP contribution in [0.25, 0.3) is 0 Å². The number of hydrogen-bond donors (Lipinski definition) is 2. The zero-order valence-corrected chi connectivity index (χ0v) is 11.2. The Morgan fingerprint density at radius 3 is 2.50 bits per heavy atom. The summed E-state index contributed by atoms with van der Waals surface area (Å²) in [7, 11) is 0. The van der Waals surface area contributed by atoms with Crippen LogP contribution in [0, 0.1) is 0 Å². The molecule has 2 N–H and O–H groups in total. The summed E-state index contributed by atoms with van der Waals surface area (Å²) >= 11 is 0. The molecule has 1 amide bonds. The molecule has 0 aromatic carbocycles. The summed E-state index contributed by atoms with van der Waals surface area (Å²) in [6, 6.07) is 0. The minimum absolute atomic E-state index is 0.0375. The number of ether oxygens (including phenoxy) is 1. The van der Waals surface area contributed by atoms with Crippen LogP contribution in [-0.4, -0.2) is 37.2 Å². The lowest BCUT2D eigenvalue weighted by molar-refractivity contribution is -0.121. The summed E-state index contributed by atoms with van der Waals surface area (Å²) in [6.45, 7) is 11.8. The van der Waals surface area contributed by atoms with Crippen molar-refractivity contribution in [3.63, 3.8) is 0 Å². The van der Waals surface area contributed by atoms with Gasteiger partial charge >= 0.3 is 0 Å². The molecule has 0 aliphatic carbocycles. The van der Waals surface area contributed by atoms with Crippen molar-refractivity contribution in [3.8, 4) is 0 Å². The molecule has 0 aliphatic rings. The molecule has 0 aliphatic heterocycles. The molecule has 0 radical (unpaired) electrons. The Morgan fingerprint density at radius 1 is 1.38 bits per heavy atom. The fourth-order valence-corrected chi connectivity index (χ4v) is 1.24. The van der Waals surface area contributed by atoms with Gasteiger partial charge in [-0.1, -0.05) is 6.92 Å². The maximum atomic E-state index is 11.5. The lowest BCUT2D eigenvalue weighted by atomic mass is 10.0. The van der Waals surface area contributed by atoms with E-state index in [0.717, 1.165) is 6.42 Å². The lowest BCUT2D eigenvalue weighted by Crippen LogP contribution is -2.47. The Hall–Kier alpha value is -0.610. The van der Waals surface area contributed by atoms with Crippen molar-refractivity contribution in [2.75, 3.05) is 19.7 Å². The van der Waals surface area contributed by atoms with E-state index >= 15 is 0 Å². The fraction of sp³-hybridized carbons (Fsp3) is 0.917. The van der Waals surface area contributed by atoms with Crippen LogP contribution in [0.15, 0.2) is 0 Å². The van der Waals surface area contributed by atoms with E-state index in [0.29, 0.717) is 19.7 Å². The SMILES string of the molecule is CCOC(C)CNCC(=O)NC(C)(C)CC. The van der Waals surface area contributed by atoms with Crippen LogP contribution in [0.2, 0.25) is 0 Å². The zero-order valence-electron chi connectivity index (χ0n) is 11.2. The van der Waals surface area contributed by atoms with E-state index in [1.807, 2.05) is 27.7 Å². The second-order valence-corrected chi connectivity index (χ2v) is 4.68. The highest BCUT2D eigenvalue weighted by molar-refractivity contribution is 5.78. The molecule has 4 heteroatoms. The van der Waals surface area contributed by atoms with Gasteiger partial charge < -0.3 is 15.4 Å². The first kappa shape index (κ1) is 15.4. The van der Waals surface area contributed by atoms with Crippen molar-refractivity contribution in [1.29, 1.82) is 0 Å². The number of carbonyl (C=O) groups is 1. The predicted octanol–water partition coefficient (Wildman–Crippen LogP) is 1.31. The molecule has 0 heterocycles. The number of hydrogen-bond acceptors (Lipinski definition) is 3. The molecule has 0 rings (SSSR count). The van der Waals surface area contributed by atoms with Gasteiger partial charge in [-0.25, -0.2) is 0 Å². The van der Waals surface area contributed by atoms with E-state index in [9.17, 15) is 4.79 Å². The maximum absolute atomic E-state index is 11.5. The fourth-order valence-electron chi connectivity index (χ4n) is 1.24. The molecule has 4 nitrogen and oxygen atoms in total. The van der Waals surface area contributed by atoms with Gasteiger partial charge in [0, 0.05) is 18.7 Å². The Morgan fingerprint density at radius 2 is 2.00 bits per heavy atom. The topological polar surface area (TPSA) is 50.4 Å². The van der Waals surface area contributed by atoms with Crippen molar-refractivity contribution >= 4 is 5.91 Å². The van der Waals surface area contributed by atoms with E-state index in [4.69, 9.17) is 4.74 Å². The molecule has 1 unspecified atom stereocenters. The minimum Gasteiger partial charge on any atom is -0.377 e. The number of amides is 1. The van der Waals surface area contributed by atoms with Gasteiger partial charge in [0.25, 0.3) is 0 Å². The predicted molar refractivity (Wildman–Crippen MR) is 66.5 cm³/mol. The molecular formula is C12H26N2O2. The van der Waals surface area contributed by atoms with Crippen LogP contribution in [0.1, 0.15) is 41.0 Å². The highest BCUT2D eigenvalue weighted by Crippen LogP contribution is 2.05. The van der Waals surface area contributed by atoms with Gasteiger partial charge in [-0.2, -0.15) is 0 Å². The quantitative estimate of drug-likeness (QED) is 0.661. The zero-order chi connectivity index (χ0) is 12.6. The van der Waals surface area contributed by atoms with Crippen LogP contribution in [0.3, 0.4) is 0 Å². The molecule has 0 saturated carbocycles. The first-order valence-electron chi connectivity index (χ1n) is 6.04. The van der Waals surface area contributed by atoms with Crippen molar-refractivity contribution in [2.24, 2.45) is 0 Å². The third-order valence-electron chi connectivity index (χ3n) is 2.53. The first-order valence-corrected chi connectivity index (χ1v) is 6.04. The number of nitrogens with one attached hydrogen (secondary N) is 2. The van der Waals surface area contributed by atoms with Gasteiger partial charge in [-0.15, -0.1) is 0 Å². The maximum Gasteiger partial charge on any atom is 0.234 e. The van der Waals surface area contributed by atoms with Gasteiger partial charge in [0.1, 0.15) is 0 Å². The summed E-state index contributed by atoms with van der Waals surface area (Å²) in [6.07, 6.45) is 1.07. The van der Waals surface area contributed by atoms with Crippen molar-refractivity contribution < 1.29 is 9.53 Å². The van der Waals surface area contributed by atoms with Crippen LogP contribution in [0.5, 0.6) is 0 Å². The molecule has 0 aromatic heterocycles. The van der Waals surface area contributed by atoms with E-state index in [1.54, 1.807) is 0 Å². The molecule has 96 valence electrons. The highest BCUT2D eigenvalue weighted by Gasteiger charge is 2.17. The van der Waals surface area contributed by atoms with Crippen molar-refractivity contribution in [1.82, 2.24) is 10.6 Å². The van der Waals surface area contributed by atoms with Gasteiger partial charge in [-0.3, -0.25) is 4.79 Å². The summed E-state index contributed by atoms with van der Waals surface area (Å²) in [5, 5.41) is 6.05. The normalized spacial score (nSPS) is 13.6. The molecule has 0 spiro atoms. The number of carbonyl (C=O) groups excluding carboxylic acids is 1. The molecule has 0 aromatic rings. The third kappa shape index (κ3) is 7.65. The van der Waals surface area contributed by atoms with E-state index in [-0.39, 0.29) is 17.6 Å². The summed E-state index contributed by atoms with van der Waals surface area (Å²) in [4.78, 5) is 11.5. The van der Waals surface area contributed by atoms with E-state index in [2.05, 4.69) is 17.6 Å². The standard InChI is InChI=1S/C12H26N2O2/c1-6-12(4,5)14-11(15)9-13-8-10(3)16-7-2/h10,13H,6-9H2,1-5H3,(H,14,15). The summed E-state index contributed by atoms with van der Waals surface area (Å²) in [5.74, 6) is 0.0375. The molecule has 1 atom stereocenters. The molecular weight excluding hydrogens is 204 g/mol. The smallest absolute Gasteiger partial charge is 0.234 e. The second kappa shape index (κ2) is 7.63. The van der Waals surface area contributed by atoms with Gasteiger partial charge in [-0.05, 0) is 34.1 Å². The monoisotopic (exact) mass is 230 g/mol. The Balaban J connectivity index is 3.66. The Labute approximate surface area is 99.1 Å². The van der Waals surface area contributed by atoms with E-state index < -0.39 is 0 Å². The van der Waals surface area contributed by atoms with E-state index in [1.165, 1.54) is 0 Å². The average molecular weight is 230 g/mol. The summed E-state index contributed by atoms with van der Waals surface area (Å²) < 4.78 is 5.35. The molecule has 0 bridgehead atoms. The van der Waals surface area contributed by atoms with Crippen molar-refractivity contribution in [2.45, 2.75) is 52.7 Å². The minimum atomic E-state index is -0.121. The van der Waals surface area contributed by atoms with Crippen LogP contribution in [0.4, 0.5) is 0 Å². The van der Waals surface area contributed by atoms with Crippen LogP contribution >= 0.6 is 0 Å². The highest BCUT2D eigenvalue weighted by atomic mass is 16.5. The largest absolute Gasteiger partial charge is 0.377 e. The third-order valence-corrected chi connectivity index (χ3v) is 2.53. The molecule has 0 fully saturated rings. The van der Waals surface area contributed by atoms with Crippen molar-refractivity contribution in [3.05, 3.63) is 0 Å². The van der Waals surface area contributed by atoms with Crippen LogP contribution < -0.4 is 10.6 Å². The Bertz CT molecular complexity index is 205. The lowest BCUT2D eigenvalue weighted by Gasteiger charge is -2.24. The van der Waals surface area contributed by atoms with Gasteiger partial charge in [0.15, 0.2) is 0 Å². The molecule has 16 heavy (non-hydrogen) atoms.